The third kappa shape index (κ3) is 3.14. The van der Waals surface area contributed by atoms with E-state index in [1.54, 1.807) is 18.2 Å². The molecule has 1 aromatic heterocycles. The first-order valence-electron chi connectivity index (χ1n) is 5.72. The minimum absolute atomic E-state index is 0.0874. The van der Waals surface area contributed by atoms with E-state index in [0.29, 0.717) is 5.56 Å². The fraction of sp³-hybridized carbons (Fsp3) is 0.143. The number of benzene rings is 1. The van der Waals surface area contributed by atoms with Gasteiger partial charge in [-0.1, -0.05) is 30.3 Å². The minimum atomic E-state index is -4.54. The molecule has 0 fully saturated rings. The maximum atomic E-state index is 13.0. The number of carboxylic acids is 1. The van der Waals surface area contributed by atoms with Crippen LogP contribution in [-0.4, -0.2) is 16.1 Å². The zero-order valence-electron chi connectivity index (χ0n) is 10.2. The summed E-state index contributed by atoms with van der Waals surface area (Å²) in [5.74, 6) is -1.14. The zero-order valence-corrected chi connectivity index (χ0v) is 10.2. The van der Waals surface area contributed by atoms with Gasteiger partial charge in [0, 0.05) is 5.56 Å². The standard InChI is InChI=1S/C14H10F3NO2/c15-14(16,17)11-7-6-10(8-12(19)20)18-13(11)9-4-2-1-3-5-9/h1-7H,8H2,(H,19,20). The van der Waals surface area contributed by atoms with Gasteiger partial charge in [0.25, 0.3) is 0 Å². The Morgan fingerprint density at radius 1 is 1.10 bits per heavy atom. The van der Waals surface area contributed by atoms with Gasteiger partial charge in [-0.15, -0.1) is 0 Å². The van der Waals surface area contributed by atoms with Crippen LogP contribution in [0.15, 0.2) is 42.5 Å². The van der Waals surface area contributed by atoms with Crippen LogP contribution in [0.2, 0.25) is 0 Å². The Labute approximate surface area is 112 Å². The number of hydrogen-bond acceptors (Lipinski definition) is 2. The van der Waals surface area contributed by atoms with Gasteiger partial charge in [-0.3, -0.25) is 9.78 Å². The highest BCUT2D eigenvalue weighted by Crippen LogP contribution is 2.36. The normalized spacial score (nSPS) is 11.3. The molecule has 6 heteroatoms. The van der Waals surface area contributed by atoms with Gasteiger partial charge >= 0.3 is 12.1 Å². The average molecular weight is 281 g/mol. The lowest BCUT2D eigenvalue weighted by Gasteiger charge is -2.13. The highest BCUT2D eigenvalue weighted by Gasteiger charge is 2.34. The van der Waals surface area contributed by atoms with Gasteiger partial charge in [-0.2, -0.15) is 13.2 Å². The van der Waals surface area contributed by atoms with Crippen molar-refractivity contribution in [2.24, 2.45) is 0 Å². The van der Waals surface area contributed by atoms with E-state index in [1.165, 1.54) is 12.1 Å². The van der Waals surface area contributed by atoms with Gasteiger partial charge < -0.3 is 5.11 Å². The molecule has 0 saturated heterocycles. The first-order valence-corrected chi connectivity index (χ1v) is 5.72. The Morgan fingerprint density at radius 3 is 2.30 bits per heavy atom. The van der Waals surface area contributed by atoms with E-state index in [9.17, 15) is 18.0 Å². The van der Waals surface area contributed by atoms with Gasteiger partial charge in [-0.25, -0.2) is 0 Å². The molecular weight excluding hydrogens is 271 g/mol. The predicted octanol–water partition coefficient (Wildman–Crippen LogP) is 3.39. The molecule has 0 bridgehead atoms. The molecule has 0 aliphatic rings. The second-order valence-electron chi connectivity index (χ2n) is 4.13. The number of carbonyl (C=O) groups is 1. The summed E-state index contributed by atoms with van der Waals surface area (Å²) < 4.78 is 38.9. The molecule has 0 unspecified atom stereocenters. The van der Waals surface area contributed by atoms with Gasteiger partial charge in [0.2, 0.25) is 0 Å². The van der Waals surface area contributed by atoms with Crippen molar-refractivity contribution in [2.45, 2.75) is 12.6 Å². The fourth-order valence-electron chi connectivity index (χ4n) is 1.80. The van der Waals surface area contributed by atoms with Crippen LogP contribution in [-0.2, 0) is 17.4 Å². The molecule has 1 aromatic carbocycles. The Bertz CT molecular complexity index is 624. The molecule has 2 aromatic rings. The Morgan fingerprint density at radius 2 is 1.75 bits per heavy atom. The smallest absolute Gasteiger partial charge is 0.418 e. The highest BCUT2D eigenvalue weighted by atomic mass is 19.4. The lowest BCUT2D eigenvalue weighted by molar-refractivity contribution is -0.137. The number of aromatic nitrogens is 1. The number of rotatable bonds is 3. The molecule has 0 atom stereocenters. The van der Waals surface area contributed by atoms with Gasteiger partial charge in [0.05, 0.1) is 23.4 Å². The zero-order chi connectivity index (χ0) is 14.8. The maximum absolute atomic E-state index is 13.0. The van der Waals surface area contributed by atoms with Crippen molar-refractivity contribution < 1.29 is 23.1 Å². The third-order valence-electron chi connectivity index (χ3n) is 2.64. The van der Waals surface area contributed by atoms with Crippen LogP contribution in [0.25, 0.3) is 11.3 Å². The van der Waals surface area contributed by atoms with E-state index in [-0.39, 0.29) is 11.4 Å². The van der Waals surface area contributed by atoms with Crippen molar-refractivity contribution in [3.8, 4) is 11.3 Å². The lowest BCUT2D eigenvalue weighted by atomic mass is 10.0. The number of nitrogens with zero attached hydrogens (tertiary/aromatic N) is 1. The summed E-state index contributed by atoms with van der Waals surface area (Å²) in [5.41, 5.74) is -0.744. The summed E-state index contributed by atoms with van der Waals surface area (Å²) >= 11 is 0. The Hall–Kier alpha value is -2.37. The first kappa shape index (κ1) is 14.0. The third-order valence-corrected chi connectivity index (χ3v) is 2.64. The van der Waals surface area contributed by atoms with Crippen LogP contribution in [0.3, 0.4) is 0 Å². The van der Waals surface area contributed by atoms with Crippen molar-refractivity contribution in [2.75, 3.05) is 0 Å². The molecule has 2 rings (SSSR count). The molecule has 0 saturated carbocycles. The van der Waals surface area contributed by atoms with Crippen LogP contribution < -0.4 is 0 Å². The molecule has 0 aliphatic heterocycles. The summed E-state index contributed by atoms with van der Waals surface area (Å²) in [5, 5.41) is 8.70. The number of aliphatic carboxylic acids is 1. The van der Waals surface area contributed by atoms with Gasteiger partial charge in [0.1, 0.15) is 0 Å². The number of pyridine rings is 1. The Kier molecular flexibility index (Phi) is 3.74. The van der Waals surface area contributed by atoms with Crippen molar-refractivity contribution in [1.82, 2.24) is 4.98 Å². The highest BCUT2D eigenvalue weighted by molar-refractivity contribution is 5.70. The summed E-state index contributed by atoms with van der Waals surface area (Å²) in [6.45, 7) is 0. The molecule has 1 N–H and O–H groups in total. The van der Waals surface area contributed by atoms with Crippen LogP contribution >= 0.6 is 0 Å². The largest absolute Gasteiger partial charge is 0.481 e. The molecule has 0 radical (unpaired) electrons. The van der Waals surface area contributed by atoms with E-state index in [2.05, 4.69) is 4.98 Å². The quantitative estimate of drug-likeness (QED) is 0.938. The van der Waals surface area contributed by atoms with E-state index in [4.69, 9.17) is 5.11 Å². The van der Waals surface area contributed by atoms with Crippen molar-refractivity contribution >= 4 is 5.97 Å². The van der Waals surface area contributed by atoms with Gasteiger partial charge in [-0.05, 0) is 12.1 Å². The Balaban J connectivity index is 2.57. The van der Waals surface area contributed by atoms with E-state index in [1.807, 2.05) is 0 Å². The van der Waals surface area contributed by atoms with Gasteiger partial charge in [0.15, 0.2) is 0 Å². The summed E-state index contributed by atoms with van der Waals surface area (Å²) in [4.78, 5) is 14.5. The molecule has 0 spiro atoms. The van der Waals surface area contributed by atoms with Crippen LogP contribution in [0, 0.1) is 0 Å². The predicted molar refractivity (Wildman–Crippen MR) is 66.0 cm³/mol. The molecule has 20 heavy (non-hydrogen) atoms. The maximum Gasteiger partial charge on any atom is 0.418 e. The molecule has 1 heterocycles. The fourth-order valence-corrected chi connectivity index (χ4v) is 1.80. The van der Waals surface area contributed by atoms with Crippen molar-refractivity contribution in [3.05, 3.63) is 53.7 Å². The second kappa shape index (κ2) is 5.32. The van der Waals surface area contributed by atoms with Crippen LogP contribution in [0.4, 0.5) is 13.2 Å². The van der Waals surface area contributed by atoms with Crippen LogP contribution in [0.1, 0.15) is 11.3 Å². The number of halogens is 3. The van der Waals surface area contributed by atoms with E-state index in [0.717, 1.165) is 12.1 Å². The van der Waals surface area contributed by atoms with Crippen LogP contribution in [0.5, 0.6) is 0 Å². The number of alkyl halides is 3. The number of carboxylic acid groups (broad SMARTS) is 1. The molecular formula is C14H10F3NO2. The summed E-state index contributed by atoms with van der Waals surface area (Å²) in [6.07, 6.45) is -4.96. The number of hydrogen-bond donors (Lipinski definition) is 1. The van der Waals surface area contributed by atoms with E-state index < -0.39 is 24.1 Å². The van der Waals surface area contributed by atoms with Crippen molar-refractivity contribution in [1.29, 1.82) is 0 Å². The summed E-state index contributed by atoms with van der Waals surface area (Å²) in [6, 6.07) is 9.83. The molecule has 3 nitrogen and oxygen atoms in total. The molecule has 0 amide bonds. The van der Waals surface area contributed by atoms with Crippen molar-refractivity contribution in [3.63, 3.8) is 0 Å². The molecule has 104 valence electrons. The average Bonchev–Trinajstić information content (AvgIpc) is 2.37. The first-order chi connectivity index (χ1) is 9.38. The molecule has 0 aliphatic carbocycles. The summed E-state index contributed by atoms with van der Waals surface area (Å²) in [7, 11) is 0. The second-order valence-corrected chi connectivity index (χ2v) is 4.13. The lowest BCUT2D eigenvalue weighted by Crippen LogP contribution is -2.11. The minimum Gasteiger partial charge on any atom is -0.481 e. The topological polar surface area (TPSA) is 50.2 Å². The monoisotopic (exact) mass is 281 g/mol. The SMILES string of the molecule is O=C(O)Cc1ccc(C(F)(F)F)c(-c2ccccc2)n1. The van der Waals surface area contributed by atoms with E-state index >= 15 is 0 Å².